The van der Waals surface area contributed by atoms with E-state index in [1.807, 2.05) is 0 Å². The van der Waals surface area contributed by atoms with Gasteiger partial charge in [-0.15, -0.1) is 0 Å². The van der Waals surface area contributed by atoms with Gasteiger partial charge in [0.2, 0.25) is 12.0 Å². The maximum atomic E-state index is 10.5. The molecular formula is C12H20N6O11. The van der Waals surface area contributed by atoms with E-state index in [0.717, 1.165) is 0 Å². The Bertz CT molecular complexity index is 658. The van der Waals surface area contributed by atoms with Crippen molar-refractivity contribution in [2.24, 2.45) is 10.4 Å². The maximum absolute atomic E-state index is 10.5. The highest BCUT2D eigenvalue weighted by molar-refractivity contribution is 5.02. The predicted octanol–water partition coefficient (Wildman–Crippen LogP) is -3.51. The topological polar surface area (TPSA) is 276 Å². The molecule has 0 aliphatic carbocycles. The molecule has 0 saturated carbocycles. The molecule has 2 aliphatic heterocycles. The van der Waals surface area contributed by atoms with Gasteiger partial charge in [0.15, 0.2) is 6.29 Å². The van der Waals surface area contributed by atoms with E-state index < -0.39 is 74.2 Å². The van der Waals surface area contributed by atoms with Crippen molar-refractivity contribution in [3.63, 3.8) is 0 Å². The van der Waals surface area contributed by atoms with Crippen LogP contribution in [0.1, 0.15) is 0 Å². The van der Waals surface area contributed by atoms with Crippen LogP contribution in [0, 0.1) is 0 Å². The first-order valence-corrected chi connectivity index (χ1v) is 8.14. The van der Waals surface area contributed by atoms with Crippen LogP contribution >= 0.6 is 0 Å². The predicted molar refractivity (Wildman–Crippen MR) is 84.7 cm³/mol. The highest BCUT2D eigenvalue weighted by Gasteiger charge is 2.63. The Morgan fingerprint density at radius 1 is 0.931 bits per heavy atom. The normalized spacial score (nSPS) is 43.1. The Morgan fingerprint density at radius 3 is 2.10 bits per heavy atom. The average molecular weight is 424 g/mol. The van der Waals surface area contributed by atoms with Crippen LogP contribution in [-0.4, -0.2) is 110 Å². The van der Waals surface area contributed by atoms with Gasteiger partial charge in [0.05, 0.1) is 13.2 Å². The number of aliphatic hydroxyl groups is 7. The largest absolute Gasteiger partial charge is 0.418 e. The molecule has 0 bridgehead atoms. The number of hydrogen-bond acceptors (Lipinski definition) is 13. The fourth-order valence-corrected chi connectivity index (χ4v) is 2.96. The smallest absolute Gasteiger partial charge is 0.244 e. The van der Waals surface area contributed by atoms with Crippen LogP contribution in [-0.2, 0) is 19.0 Å². The van der Waals surface area contributed by atoms with Crippen molar-refractivity contribution in [3.8, 4) is 0 Å². The van der Waals surface area contributed by atoms with E-state index in [1.165, 1.54) is 0 Å². The van der Waals surface area contributed by atoms with Crippen LogP contribution < -0.4 is 0 Å². The van der Waals surface area contributed by atoms with E-state index >= 15 is 0 Å². The zero-order valence-electron chi connectivity index (χ0n) is 14.6. The second-order valence-electron chi connectivity index (χ2n) is 6.14. The van der Waals surface area contributed by atoms with Gasteiger partial charge in [0.1, 0.15) is 48.0 Å². The molecule has 17 heteroatoms. The third-order valence-electron chi connectivity index (χ3n) is 4.47. The summed E-state index contributed by atoms with van der Waals surface area (Å²) in [5.74, 6) is -2.71. The SMILES string of the molecule is [N-]=[N+]=NOC(N=[N+]=[N-])[C@@]1(O[C@H]2O[C@H](CO)[C@@H](O)[C@H](O)[C@H]2O)O[C@H](CO)[C@@H](O)[C@@H]1O. The van der Waals surface area contributed by atoms with Crippen molar-refractivity contribution in [1.29, 1.82) is 0 Å². The molecule has 29 heavy (non-hydrogen) atoms. The van der Waals surface area contributed by atoms with E-state index in [9.17, 15) is 35.7 Å². The molecule has 2 saturated heterocycles. The van der Waals surface area contributed by atoms with Crippen molar-refractivity contribution in [3.05, 3.63) is 20.9 Å². The van der Waals surface area contributed by atoms with Crippen LogP contribution in [0.5, 0.6) is 0 Å². The quantitative estimate of drug-likeness (QED) is 0.0867. The van der Waals surface area contributed by atoms with E-state index in [1.54, 1.807) is 0 Å². The summed E-state index contributed by atoms with van der Waals surface area (Å²) >= 11 is 0. The summed E-state index contributed by atoms with van der Waals surface area (Å²) in [6.45, 7) is -1.65. The minimum absolute atomic E-state index is 0.807. The lowest BCUT2D eigenvalue weighted by Crippen LogP contribution is -2.64. The van der Waals surface area contributed by atoms with Crippen molar-refractivity contribution in [1.82, 2.24) is 0 Å². The van der Waals surface area contributed by atoms with Crippen LogP contribution in [0.2, 0.25) is 0 Å². The summed E-state index contributed by atoms with van der Waals surface area (Å²) in [6.07, 6.45) is -16.5. The molecular weight excluding hydrogens is 404 g/mol. The van der Waals surface area contributed by atoms with Crippen molar-refractivity contribution in [2.45, 2.75) is 61.0 Å². The number of rotatable bonds is 8. The van der Waals surface area contributed by atoms with E-state index in [2.05, 4.69) is 25.1 Å². The van der Waals surface area contributed by atoms with Crippen LogP contribution in [0.15, 0.2) is 10.4 Å². The molecule has 0 radical (unpaired) electrons. The van der Waals surface area contributed by atoms with Gasteiger partial charge in [-0.1, -0.05) is 0 Å². The number of aliphatic hydroxyl groups excluding tert-OH is 7. The Balaban J connectivity index is 2.45. The van der Waals surface area contributed by atoms with Crippen molar-refractivity contribution >= 4 is 0 Å². The van der Waals surface area contributed by atoms with Crippen molar-refractivity contribution < 1.29 is 54.8 Å². The lowest BCUT2D eigenvalue weighted by Gasteiger charge is -2.44. The lowest BCUT2D eigenvalue weighted by atomic mass is 9.98. The number of ether oxygens (including phenoxy) is 3. The average Bonchev–Trinajstić information content (AvgIpc) is 2.96. The van der Waals surface area contributed by atoms with Gasteiger partial charge in [0.25, 0.3) is 0 Å². The van der Waals surface area contributed by atoms with Gasteiger partial charge in [-0.3, -0.25) is 0 Å². The molecule has 1 unspecified atom stereocenters. The molecule has 164 valence electrons. The molecule has 0 amide bonds. The molecule has 7 N–H and O–H groups in total. The second-order valence-corrected chi connectivity index (χ2v) is 6.14. The standard InChI is InChI=1S/C12H20N6O11/c13-16-15-11(29-18-17-14)12(9(25)6(22)4(2-20)27-12)28-10-8(24)7(23)5(21)3(1-19)26-10/h3-11,19-25H,1-2H2/t3-,4-,5-,6-,7+,8-,9+,10-,11?,12-/m1/s1. The minimum atomic E-state index is -2.71. The molecule has 2 rings (SSSR count). The van der Waals surface area contributed by atoms with Crippen LogP contribution in [0.25, 0.3) is 20.9 Å². The lowest BCUT2D eigenvalue weighted by molar-refractivity contribution is -0.398. The summed E-state index contributed by atoms with van der Waals surface area (Å²) in [5.41, 5.74) is 17.2. The molecule has 0 aromatic heterocycles. The molecule has 0 aromatic carbocycles. The van der Waals surface area contributed by atoms with Crippen molar-refractivity contribution in [2.75, 3.05) is 13.2 Å². The summed E-state index contributed by atoms with van der Waals surface area (Å²) in [5, 5.41) is 74.8. The monoisotopic (exact) mass is 424 g/mol. The van der Waals surface area contributed by atoms with E-state index in [-0.39, 0.29) is 0 Å². The molecule has 2 heterocycles. The third-order valence-corrected chi connectivity index (χ3v) is 4.47. The first-order chi connectivity index (χ1) is 13.8. The summed E-state index contributed by atoms with van der Waals surface area (Å²) in [7, 11) is 0. The zero-order chi connectivity index (χ0) is 21.8. The van der Waals surface area contributed by atoms with E-state index in [0.29, 0.717) is 0 Å². The highest BCUT2D eigenvalue weighted by atomic mass is 16.8. The molecule has 17 nitrogen and oxygen atoms in total. The van der Waals surface area contributed by atoms with Gasteiger partial charge in [-0.05, 0) is 16.2 Å². The van der Waals surface area contributed by atoms with Gasteiger partial charge in [0, 0.05) is 9.82 Å². The van der Waals surface area contributed by atoms with E-state index in [4.69, 9.17) is 25.3 Å². The highest BCUT2D eigenvalue weighted by Crippen LogP contribution is 2.40. The molecule has 10 atom stereocenters. The Labute approximate surface area is 161 Å². The maximum Gasteiger partial charge on any atom is 0.244 e. The fraction of sp³-hybridized carbons (Fsp3) is 1.00. The van der Waals surface area contributed by atoms with Crippen LogP contribution in [0.3, 0.4) is 0 Å². The van der Waals surface area contributed by atoms with Gasteiger partial charge >= 0.3 is 0 Å². The summed E-state index contributed by atoms with van der Waals surface area (Å²) in [6, 6.07) is 0. The van der Waals surface area contributed by atoms with Gasteiger partial charge in [-0.25, -0.2) is 0 Å². The second kappa shape index (κ2) is 9.68. The van der Waals surface area contributed by atoms with Gasteiger partial charge in [-0.2, -0.15) is 0 Å². The summed E-state index contributed by atoms with van der Waals surface area (Å²) in [4.78, 5) is 9.30. The Morgan fingerprint density at radius 2 is 1.59 bits per heavy atom. The van der Waals surface area contributed by atoms with Gasteiger partial charge < -0.3 is 54.8 Å². The molecule has 0 spiro atoms. The molecule has 2 aliphatic rings. The first-order valence-electron chi connectivity index (χ1n) is 8.14. The van der Waals surface area contributed by atoms with Crippen LogP contribution in [0.4, 0.5) is 0 Å². The summed E-state index contributed by atoms with van der Waals surface area (Å²) < 4.78 is 15.8. The number of nitrogens with zero attached hydrogens (tertiary/aromatic N) is 6. The molecule has 0 aromatic rings. The molecule has 2 fully saturated rings. The third kappa shape index (κ3) is 4.31. The first kappa shape index (κ1) is 23.3. The number of azide groups is 2. The number of hydrogen-bond donors (Lipinski definition) is 7. The fourth-order valence-electron chi connectivity index (χ4n) is 2.96. The zero-order valence-corrected chi connectivity index (χ0v) is 14.6. The minimum Gasteiger partial charge on any atom is -0.418 e. The Hall–Kier alpha value is -1.98. The Kier molecular flexibility index (Phi) is 7.78.